The minimum Gasteiger partial charge on any atom is -0.355 e. The van der Waals surface area contributed by atoms with Gasteiger partial charge in [-0.3, -0.25) is 4.79 Å². The van der Waals surface area contributed by atoms with E-state index in [0.717, 1.165) is 12.5 Å². The number of nitrogens with zero attached hydrogens (tertiary/aromatic N) is 1. The summed E-state index contributed by atoms with van der Waals surface area (Å²) in [4.78, 5) is 26.2. The number of carbonyl (C=O) groups is 2. The number of hydrogen-bond acceptors (Lipinski definition) is 2. The van der Waals surface area contributed by atoms with Crippen LogP contribution >= 0.6 is 0 Å². The molecule has 1 saturated heterocycles. The van der Waals surface area contributed by atoms with Gasteiger partial charge in [0.25, 0.3) is 0 Å². The summed E-state index contributed by atoms with van der Waals surface area (Å²) in [6.45, 7) is 5.64. The Bertz CT molecular complexity index is 677. The van der Waals surface area contributed by atoms with Gasteiger partial charge < -0.3 is 15.5 Å². The first-order valence-corrected chi connectivity index (χ1v) is 9.64. The van der Waals surface area contributed by atoms with Gasteiger partial charge in [-0.15, -0.1) is 0 Å². The van der Waals surface area contributed by atoms with Crippen LogP contribution in [-0.4, -0.2) is 43.0 Å². The van der Waals surface area contributed by atoms with Gasteiger partial charge in [-0.05, 0) is 36.8 Å². The van der Waals surface area contributed by atoms with Gasteiger partial charge in [0.1, 0.15) is 0 Å². The van der Waals surface area contributed by atoms with E-state index in [1.165, 1.54) is 12.1 Å². The van der Waals surface area contributed by atoms with Crippen molar-refractivity contribution in [3.8, 4) is 0 Å². The number of carbonyl (C=O) groups excluding carboxylic acids is 2. The molecule has 1 aromatic carbocycles. The van der Waals surface area contributed by atoms with Crippen LogP contribution in [0.5, 0.6) is 0 Å². The van der Waals surface area contributed by atoms with Gasteiger partial charge >= 0.3 is 12.2 Å². The molecule has 0 saturated carbocycles. The van der Waals surface area contributed by atoms with Gasteiger partial charge in [-0.2, -0.15) is 13.2 Å². The predicted molar refractivity (Wildman–Crippen MR) is 101 cm³/mol. The second-order valence-corrected chi connectivity index (χ2v) is 7.56. The van der Waals surface area contributed by atoms with Gasteiger partial charge in [-0.25, -0.2) is 4.79 Å². The van der Waals surface area contributed by atoms with Gasteiger partial charge in [0.05, 0.1) is 11.5 Å². The summed E-state index contributed by atoms with van der Waals surface area (Å²) < 4.78 is 39.1. The molecule has 1 aliphatic heterocycles. The van der Waals surface area contributed by atoms with Crippen LogP contribution < -0.4 is 10.6 Å². The van der Waals surface area contributed by atoms with Crippen LogP contribution in [0.4, 0.5) is 18.0 Å². The average Bonchev–Trinajstić information content (AvgIpc) is 2.65. The van der Waals surface area contributed by atoms with Gasteiger partial charge in [0.15, 0.2) is 0 Å². The van der Waals surface area contributed by atoms with E-state index in [1.54, 1.807) is 11.0 Å². The normalized spacial score (nSPS) is 17.5. The van der Waals surface area contributed by atoms with E-state index in [9.17, 15) is 22.8 Å². The summed E-state index contributed by atoms with van der Waals surface area (Å²) in [6, 6.07) is 5.21. The zero-order valence-electron chi connectivity index (χ0n) is 16.3. The number of likely N-dealkylation sites (tertiary alicyclic amines) is 1. The van der Waals surface area contributed by atoms with E-state index >= 15 is 0 Å². The summed E-state index contributed by atoms with van der Waals surface area (Å²) in [5.41, 5.74) is -0.511. The first kappa shape index (κ1) is 22.0. The first-order chi connectivity index (χ1) is 13.2. The number of piperidine rings is 1. The predicted octanol–water partition coefficient (Wildman–Crippen LogP) is 3.44. The number of nitrogens with one attached hydrogen (secondary N) is 2. The second-order valence-electron chi connectivity index (χ2n) is 7.56. The van der Waals surface area contributed by atoms with Crippen LogP contribution in [0.2, 0.25) is 0 Å². The monoisotopic (exact) mass is 399 g/mol. The number of rotatable bonds is 6. The molecule has 0 bridgehead atoms. The topological polar surface area (TPSA) is 61.4 Å². The van der Waals surface area contributed by atoms with E-state index in [2.05, 4.69) is 10.6 Å². The van der Waals surface area contributed by atoms with Crippen molar-refractivity contribution in [2.24, 2.45) is 11.8 Å². The molecule has 1 atom stereocenters. The molecule has 8 heteroatoms. The Morgan fingerprint density at radius 1 is 1.21 bits per heavy atom. The zero-order valence-corrected chi connectivity index (χ0v) is 16.3. The molecular formula is C20H28F3N3O2. The molecule has 0 aliphatic carbocycles. The fourth-order valence-corrected chi connectivity index (χ4v) is 3.26. The number of urea groups is 1. The summed E-state index contributed by atoms with van der Waals surface area (Å²) in [5, 5.41) is 5.57. The van der Waals surface area contributed by atoms with Crippen LogP contribution in [0.25, 0.3) is 0 Å². The standard InChI is InChI=1S/C20H28F3N3O2/c1-14(2)12-25-19(28)26-11-5-7-16(13-26)18(27)24-10-9-15-6-3-4-8-17(15)20(21,22)23/h3-4,6,8,14,16H,5,7,9-13H2,1-2H3,(H,24,27)(H,25,28). The maximum Gasteiger partial charge on any atom is 0.416 e. The summed E-state index contributed by atoms with van der Waals surface area (Å²) in [6.07, 6.45) is -2.91. The molecular weight excluding hydrogens is 371 g/mol. The molecule has 1 fully saturated rings. The molecule has 28 heavy (non-hydrogen) atoms. The molecule has 3 amide bonds. The second kappa shape index (κ2) is 9.80. The van der Waals surface area contributed by atoms with E-state index in [1.807, 2.05) is 13.8 Å². The highest BCUT2D eigenvalue weighted by Crippen LogP contribution is 2.31. The Kier molecular flexibility index (Phi) is 7.71. The highest BCUT2D eigenvalue weighted by Gasteiger charge is 2.33. The SMILES string of the molecule is CC(C)CNC(=O)N1CCCC(C(=O)NCCc2ccccc2C(F)(F)F)C1. The molecule has 2 rings (SSSR count). The van der Waals surface area contributed by atoms with Crippen molar-refractivity contribution < 1.29 is 22.8 Å². The average molecular weight is 399 g/mol. The molecule has 156 valence electrons. The lowest BCUT2D eigenvalue weighted by Gasteiger charge is -2.32. The van der Waals surface area contributed by atoms with Gasteiger partial charge in [-0.1, -0.05) is 32.0 Å². The van der Waals surface area contributed by atoms with Crippen molar-refractivity contribution in [2.75, 3.05) is 26.2 Å². The minimum atomic E-state index is -4.41. The van der Waals surface area contributed by atoms with Crippen molar-refractivity contribution >= 4 is 11.9 Å². The highest BCUT2D eigenvalue weighted by atomic mass is 19.4. The van der Waals surface area contributed by atoms with Crippen molar-refractivity contribution in [2.45, 2.75) is 39.3 Å². The van der Waals surface area contributed by atoms with E-state index < -0.39 is 11.7 Å². The van der Waals surface area contributed by atoms with Crippen molar-refractivity contribution in [3.63, 3.8) is 0 Å². The van der Waals surface area contributed by atoms with Crippen LogP contribution in [0, 0.1) is 11.8 Å². The maximum absolute atomic E-state index is 13.0. The molecule has 1 unspecified atom stereocenters. The molecule has 0 radical (unpaired) electrons. The van der Waals surface area contributed by atoms with Crippen molar-refractivity contribution in [3.05, 3.63) is 35.4 Å². The molecule has 0 aromatic heterocycles. The van der Waals surface area contributed by atoms with E-state index in [4.69, 9.17) is 0 Å². The Labute approximate surface area is 163 Å². The molecule has 5 nitrogen and oxygen atoms in total. The minimum absolute atomic E-state index is 0.104. The summed E-state index contributed by atoms with van der Waals surface area (Å²) >= 11 is 0. The molecule has 1 heterocycles. The Balaban J connectivity index is 1.84. The van der Waals surface area contributed by atoms with Crippen molar-refractivity contribution in [1.82, 2.24) is 15.5 Å². The van der Waals surface area contributed by atoms with Crippen LogP contribution in [0.3, 0.4) is 0 Å². The fourth-order valence-electron chi connectivity index (χ4n) is 3.26. The van der Waals surface area contributed by atoms with Crippen LogP contribution in [-0.2, 0) is 17.4 Å². The van der Waals surface area contributed by atoms with E-state index in [0.29, 0.717) is 32.0 Å². The van der Waals surface area contributed by atoms with Gasteiger partial charge in [0.2, 0.25) is 5.91 Å². The Hall–Kier alpha value is -2.25. The van der Waals surface area contributed by atoms with Crippen LogP contribution in [0.1, 0.15) is 37.8 Å². The molecule has 2 N–H and O–H groups in total. The lowest BCUT2D eigenvalue weighted by Crippen LogP contribution is -2.49. The Morgan fingerprint density at radius 3 is 2.61 bits per heavy atom. The number of halogens is 3. The number of benzene rings is 1. The third-order valence-electron chi connectivity index (χ3n) is 4.76. The lowest BCUT2D eigenvalue weighted by atomic mass is 9.97. The summed E-state index contributed by atoms with van der Waals surface area (Å²) in [7, 11) is 0. The third kappa shape index (κ3) is 6.42. The van der Waals surface area contributed by atoms with E-state index in [-0.39, 0.29) is 36.4 Å². The number of amides is 3. The molecule has 1 aromatic rings. The maximum atomic E-state index is 13.0. The lowest BCUT2D eigenvalue weighted by molar-refractivity contribution is -0.138. The fraction of sp³-hybridized carbons (Fsp3) is 0.600. The molecule has 0 spiro atoms. The quantitative estimate of drug-likeness (QED) is 0.770. The van der Waals surface area contributed by atoms with Crippen molar-refractivity contribution in [1.29, 1.82) is 0 Å². The number of alkyl halides is 3. The zero-order chi connectivity index (χ0) is 20.7. The van der Waals surface area contributed by atoms with Crippen LogP contribution in [0.15, 0.2) is 24.3 Å². The Morgan fingerprint density at radius 2 is 1.93 bits per heavy atom. The highest BCUT2D eigenvalue weighted by molar-refractivity contribution is 5.80. The first-order valence-electron chi connectivity index (χ1n) is 9.64. The number of hydrogen-bond donors (Lipinski definition) is 2. The van der Waals surface area contributed by atoms with Gasteiger partial charge in [0, 0.05) is 26.2 Å². The largest absolute Gasteiger partial charge is 0.416 e. The molecule has 1 aliphatic rings. The summed E-state index contributed by atoms with van der Waals surface area (Å²) in [5.74, 6) is -0.213. The third-order valence-corrected chi connectivity index (χ3v) is 4.76. The smallest absolute Gasteiger partial charge is 0.355 e.